The Morgan fingerprint density at radius 2 is 2.00 bits per heavy atom. The lowest BCUT2D eigenvalue weighted by atomic mass is 10.0. The molecule has 0 aliphatic rings. The Morgan fingerprint density at radius 3 is 2.65 bits per heavy atom. The maximum atomic E-state index is 12.0. The first-order chi connectivity index (χ1) is 9.58. The van der Waals surface area contributed by atoms with Gasteiger partial charge in [-0.3, -0.25) is 4.79 Å². The molecule has 0 heterocycles. The summed E-state index contributed by atoms with van der Waals surface area (Å²) >= 11 is 0. The van der Waals surface area contributed by atoms with Gasteiger partial charge < -0.3 is 15.8 Å². The van der Waals surface area contributed by atoms with Crippen LogP contribution in [-0.2, 0) is 4.79 Å². The number of ether oxygens (including phenoxy) is 1. The molecule has 1 aromatic carbocycles. The number of nitrogens with one attached hydrogen (secondary N) is 1. The predicted octanol–water partition coefficient (Wildman–Crippen LogP) is 2.64. The molecular weight excluding hydrogens is 252 g/mol. The fourth-order valence-corrected chi connectivity index (χ4v) is 2.22. The van der Waals surface area contributed by atoms with E-state index in [2.05, 4.69) is 12.2 Å². The summed E-state index contributed by atoms with van der Waals surface area (Å²) in [5, 5.41) is 3.02. The molecule has 4 heteroatoms. The molecule has 0 aromatic heterocycles. The van der Waals surface area contributed by atoms with Crippen LogP contribution in [0.5, 0.6) is 5.75 Å². The highest BCUT2D eigenvalue weighted by molar-refractivity contribution is 5.76. The molecule has 0 fully saturated rings. The molecule has 0 aliphatic heterocycles. The zero-order valence-electron chi connectivity index (χ0n) is 12.7. The van der Waals surface area contributed by atoms with E-state index in [1.54, 1.807) is 7.11 Å². The molecule has 112 valence electrons. The van der Waals surface area contributed by atoms with E-state index in [-0.39, 0.29) is 11.9 Å². The summed E-state index contributed by atoms with van der Waals surface area (Å²) in [5.41, 5.74) is 6.51. The van der Waals surface area contributed by atoms with Crippen molar-refractivity contribution in [2.24, 2.45) is 11.7 Å². The van der Waals surface area contributed by atoms with Crippen LogP contribution in [0.3, 0.4) is 0 Å². The molecular formula is C16H26N2O2. The van der Waals surface area contributed by atoms with Crippen LogP contribution in [-0.4, -0.2) is 19.6 Å². The lowest BCUT2D eigenvalue weighted by Gasteiger charge is -2.18. The van der Waals surface area contributed by atoms with Gasteiger partial charge in [0.1, 0.15) is 5.75 Å². The van der Waals surface area contributed by atoms with Gasteiger partial charge >= 0.3 is 0 Å². The van der Waals surface area contributed by atoms with Gasteiger partial charge in [-0.25, -0.2) is 0 Å². The lowest BCUT2D eigenvalue weighted by molar-refractivity contribution is -0.122. The predicted molar refractivity (Wildman–Crippen MR) is 81.6 cm³/mol. The molecule has 0 spiro atoms. The number of amides is 1. The maximum Gasteiger partial charge on any atom is 0.220 e. The number of benzene rings is 1. The molecule has 0 saturated carbocycles. The zero-order valence-corrected chi connectivity index (χ0v) is 12.7. The van der Waals surface area contributed by atoms with Crippen molar-refractivity contribution >= 4 is 5.91 Å². The Morgan fingerprint density at radius 1 is 1.30 bits per heavy atom. The summed E-state index contributed by atoms with van der Waals surface area (Å²) in [7, 11) is 1.64. The minimum atomic E-state index is -0.0523. The van der Waals surface area contributed by atoms with Gasteiger partial charge in [0.05, 0.1) is 13.2 Å². The number of hydrogen-bond acceptors (Lipinski definition) is 3. The molecule has 1 aromatic rings. The Labute approximate surface area is 121 Å². The van der Waals surface area contributed by atoms with E-state index in [4.69, 9.17) is 10.5 Å². The number of nitrogens with two attached hydrogens (primary N) is 1. The van der Waals surface area contributed by atoms with E-state index in [9.17, 15) is 4.79 Å². The Balaban J connectivity index is 2.49. The second kappa shape index (κ2) is 8.59. The molecule has 1 amide bonds. The fraction of sp³-hybridized carbons (Fsp3) is 0.562. The van der Waals surface area contributed by atoms with Gasteiger partial charge in [-0.2, -0.15) is 0 Å². The van der Waals surface area contributed by atoms with E-state index in [0.717, 1.165) is 24.2 Å². The van der Waals surface area contributed by atoms with Crippen molar-refractivity contribution in [3.05, 3.63) is 29.8 Å². The van der Waals surface area contributed by atoms with Gasteiger partial charge in [-0.15, -0.1) is 0 Å². The molecule has 0 saturated heterocycles. The summed E-state index contributed by atoms with van der Waals surface area (Å²) in [6.45, 7) is 4.78. The number of rotatable bonds is 8. The van der Waals surface area contributed by atoms with E-state index in [1.807, 2.05) is 31.2 Å². The van der Waals surface area contributed by atoms with Crippen LogP contribution in [0, 0.1) is 5.92 Å². The van der Waals surface area contributed by atoms with Crippen molar-refractivity contribution in [2.45, 2.75) is 39.2 Å². The monoisotopic (exact) mass is 278 g/mol. The number of hydrogen-bond donors (Lipinski definition) is 2. The highest BCUT2D eigenvalue weighted by Gasteiger charge is 2.14. The summed E-state index contributed by atoms with van der Waals surface area (Å²) in [4.78, 5) is 12.0. The van der Waals surface area contributed by atoms with Crippen molar-refractivity contribution in [2.75, 3.05) is 13.7 Å². The third-order valence-corrected chi connectivity index (χ3v) is 3.51. The first kappa shape index (κ1) is 16.5. The van der Waals surface area contributed by atoms with Crippen LogP contribution in [0.15, 0.2) is 24.3 Å². The van der Waals surface area contributed by atoms with Crippen LogP contribution >= 0.6 is 0 Å². The van der Waals surface area contributed by atoms with Crippen LogP contribution in [0.1, 0.15) is 44.7 Å². The highest BCUT2D eigenvalue weighted by Crippen LogP contribution is 2.24. The van der Waals surface area contributed by atoms with Gasteiger partial charge in [0, 0.05) is 12.0 Å². The number of carbonyl (C=O) groups excluding carboxylic acids is 1. The minimum absolute atomic E-state index is 0.0523. The number of para-hydroxylation sites is 1. The third-order valence-electron chi connectivity index (χ3n) is 3.51. The zero-order chi connectivity index (χ0) is 15.0. The normalized spacial score (nSPS) is 13.6. The van der Waals surface area contributed by atoms with Gasteiger partial charge in [0.15, 0.2) is 0 Å². The molecule has 2 atom stereocenters. The standard InChI is InChI=1S/C16H26N2O2/c1-12(10-11-17)8-9-16(19)18-13(2)14-6-4-5-7-15(14)20-3/h4-7,12-13H,8-11,17H2,1-3H3,(H,18,19)/t12?,13-/m0/s1. The van der Waals surface area contributed by atoms with Crippen LogP contribution < -0.4 is 15.8 Å². The topological polar surface area (TPSA) is 64.3 Å². The highest BCUT2D eigenvalue weighted by atomic mass is 16.5. The van der Waals surface area contributed by atoms with Gasteiger partial charge in [0.25, 0.3) is 0 Å². The van der Waals surface area contributed by atoms with E-state index in [0.29, 0.717) is 18.9 Å². The van der Waals surface area contributed by atoms with Crippen molar-refractivity contribution < 1.29 is 9.53 Å². The van der Waals surface area contributed by atoms with Crippen LogP contribution in [0.2, 0.25) is 0 Å². The second-order valence-electron chi connectivity index (χ2n) is 5.25. The summed E-state index contributed by atoms with van der Waals surface area (Å²) in [5.74, 6) is 1.37. The van der Waals surface area contributed by atoms with Crippen LogP contribution in [0.25, 0.3) is 0 Å². The van der Waals surface area contributed by atoms with Crippen LogP contribution in [0.4, 0.5) is 0 Å². The molecule has 0 radical (unpaired) electrons. The van der Waals surface area contributed by atoms with Gasteiger partial charge in [-0.05, 0) is 38.3 Å². The number of methoxy groups -OCH3 is 1. The lowest BCUT2D eigenvalue weighted by Crippen LogP contribution is -2.27. The smallest absolute Gasteiger partial charge is 0.220 e. The third kappa shape index (κ3) is 5.21. The van der Waals surface area contributed by atoms with Gasteiger partial charge in [-0.1, -0.05) is 25.1 Å². The van der Waals surface area contributed by atoms with E-state index in [1.165, 1.54) is 0 Å². The first-order valence-corrected chi connectivity index (χ1v) is 7.20. The largest absolute Gasteiger partial charge is 0.496 e. The Kier molecular flexibility index (Phi) is 7.09. The molecule has 4 nitrogen and oxygen atoms in total. The average molecular weight is 278 g/mol. The fourth-order valence-electron chi connectivity index (χ4n) is 2.22. The second-order valence-corrected chi connectivity index (χ2v) is 5.25. The van der Waals surface area contributed by atoms with E-state index < -0.39 is 0 Å². The molecule has 0 bridgehead atoms. The van der Waals surface area contributed by atoms with Crippen molar-refractivity contribution in [1.29, 1.82) is 0 Å². The van der Waals surface area contributed by atoms with Crippen molar-refractivity contribution in [3.8, 4) is 5.75 Å². The average Bonchev–Trinajstić information content (AvgIpc) is 2.45. The van der Waals surface area contributed by atoms with Crippen molar-refractivity contribution in [3.63, 3.8) is 0 Å². The Bertz CT molecular complexity index is 421. The quantitative estimate of drug-likeness (QED) is 0.768. The summed E-state index contributed by atoms with van der Waals surface area (Å²) < 4.78 is 5.31. The minimum Gasteiger partial charge on any atom is -0.496 e. The Hall–Kier alpha value is -1.55. The molecule has 1 unspecified atom stereocenters. The van der Waals surface area contributed by atoms with E-state index >= 15 is 0 Å². The first-order valence-electron chi connectivity index (χ1n) is 7.20. The molecule has 20 heavy (non-hydrogen) atoms. The maximum absolute atomic E-state index is 12.0. The number of carbonyl (C=O) groups is 1. The SMILES string of the molecule is COc1ccccc1[C@H](C)NC(=O)CCC(C)CCN. The molecule has 3 N–H and O–H groups in total. The molecule has 0 aliphatic carbocycles. The summed E-state index contributed by atoms with van der Waals surface area (Å²) in [6, 6.07) is 7.70. The van der Waals surface area contributed by atoms with Crippen molar-refractivity contribution in [1.82, 2.24) is 5.32 Å². The summed E-state index contributed by atoms with van der Waals surface area (Å²) in [6.07, 6.45) is 2.39. The van der Waals surface area contributed by atoms with Gasteiger partial charge in [0.2, 0.25) is 5.91 Å². The molecule has 1 rings (SSSR count).